The van der Waals surface area contributed by atoms with Crippen LogP contribution < -0.4 is 31.1 Å². The van der Waals surface area contributed by atoms with Crippen molar-refractivity contribution < 1.29 is 0 Å². The van der Waals surface area contributed by atoms with Gasteiger partial charge in [0.05, 0.1) is 5.54 Å². The van der Waals surface area contributed by atoms with Crippen molar-refractivity contribution in [3.8, 4) is 0 Å². The third-order valence-corrected chi connectivity index (χ3v) is 15.5. The smallest absolute Gasteiger partial charge is 0.252 e. The zero-order valence-corrected chi connectivity index (χ0v) is 38.7. The van der Waals surface area contributed by atoms with Crippen LogP contribution >= 0.6 is 0 Å². The molecule has 0 saturated carbocycles. The molecule has 0 N–H and O–H groups in total. The van der Waals surface area contributed by atoms with E-state index in [4.69, 9.17) is 0 Å². The Balaban J connectivity index is 1.20. The average Bonchev–Trinajstić information content (AvgIpc) is 3.54. The number of hydrogen-bond acceptors (Lipinski definition) is 3. The van der Waals surface area contributed by atoms with E-state index in [1.165, 1.54) is 89.6 Å². The Labute approximate surface area is 386 Å². The zero-order chi connectivity index (χ0) is 44.5. The summed E-state index contributed by atoms with van der Waals surface area (Å²) in [7, 11) is 0. The van der Waals surface area contributed by atoms with Crippen molar-refractivity contribution in [2.24, 2.45) is 0 Å². The molecule has 4 heteroatoms. The fourth-order valence-corrected chi connectivity index (χ4v) is 12.3. The highest BCUT2D eigenvalue weighted by Gasteiger charge is 2.62. The second-order valence-electron chi connectivity index (χ2n) is 21.2. The lowest BCUT2D eigenvalue weighted by molar-refractivity contribution is 0.281. The molecular formula is C61H56BN3. The van der Waals surface area contributed by atoms with E-state index in [2.05, 4.69) is 251 Å². The van der Waals surface area contributed by atoms with Gasteiger partial charge in [-0.15, -0.1) is 0 Å². The monoisotopic (exact) mass is 841 g/mol. The normalized spacial score (nSPS) is 19.2. The Hall–Kier alpha value is -6.78. The molecule has 0 spiro atoms. The van der Waals surface area contributed by atoms with E-state index in [1.807, 2.05) is 0 Å². The molecule has 318 valence electrons. The van der Waals surface area contributed by atoms with Crippen molar-refractivity contribution in [1.82, 2.24) is 0 Å². The van der Waals surface area contributed by atoms with Crippen molar-refractivity contribution in [3.63, 3.8) is 0 Å². The minimum absolute atomic E-state index is 0.0199. The van der Waals surface area contributed by atoms with Gasteiger partial charge < -0.3 is 14.7 Å². The van der Waals surface area contributed by atoms with Crippen molar-refractivity contribution >= 4 is 68.6 Å². The summed E-state index contributed by atoms with van der Waals surface area (Å²) in [5, 5.41) is 0. The number of benzene rings is 8. The number of nitrogens with zero attached hydrogens (tertiary/aromatic N) is 3. The van der Waals surface area contributed by atoms with Gasteiger partial charge in [0.2, 0.25) is 0 Å². The number of rotatable bonds is 4. The highest BCUT2D eigenvalue weighted by molar-refractivity contribution is 7.00. The average molecular weight is 842 g/mol. The molecule has 3 aliphatic heterocycles. The van der Waals surface area contributed by atoms with E-state index in [0.717, 1.165) is 18.5 Å². The van der Waals surface area contributed by atoms with Gasteiger partial charge in [0.25, 0.3) is 6.71 Å². The summed E-state index contributed by atoms with van der Waals surface area (Å²) in [4.78, 5) is 7.91. The maximum atomic E-state index is 2.76. The molecule has 0 bridgehead atoms. The maximum absolute atomic E-state index is 2.76. The van der Waals surface area contributed by atoms with E-state index < -0.39 is 0 Å². The maximum Gasteiger partial charge on any atom is 0.252 e. The van der Waals surface area contributed by atoms with E-state index in [9.17, 15) is 0 Å². The summed E-state index contributed by atoms with van der Waals surface area (Å²) in [5.74, 6) is 0. The predicted molar refractivity (Wildman–Crippen MR) is 276 cm³/mol. The van der Waals surface area contributed by atoms with Crippen LogP contribution in [0.5, 0.6) is 0 Å². The lowest BCUT2D eigenvalue weighted by Crippen LogP contribution is -2.62. The molecular weight excluding hydrogens is 786 g/mol. The molecule has 65 heavy (non-hydrogen) atoms. The van der Waals surface area contributed by atoms with Crippen LogP contribution in [-0.4, -0.2) is 12.3 Å². The second kappa shape index (κ2) is 14.1. The number of hydrogen-bond donors (Lipinski definition) is 0. The number of para-hydroxylation sites is 3. The van der Waals surface area contributed by atoms with Gasteiger partial charge in [0, 0.05) is 50.9 Å². The third-order valence-electron chi connectivity index (χ3n) is 15.5. The first kappa shape index (κ1) is 39.8. The molecule has 3 heterocycles. The lowest BCUT2D eigenvalue weighted by atomic mass is 9.33. The second-order valence-corrected chi connectivity index (χ2v) is 21.2. The van der Waals surface area contributed by atoms with Crippen molar-refractivity contribution in [1.29, 1.82) is 0 Å². The van der Waals surface area contributed by atoms with Crippen molar-refractivity contribution in [2.75, 3.05) is 14.7 Å². The first-order valence-electron chi connectivity index (χ1n) is 23.6. The Morgan fingerprint density at radius 2 is 0.954 bits per heavy atom. The summed E-state index contributed by atoms with van der Waals surface area (Å²) < 4.78 is 0. The molecule has 0 fully saturated rings. The summed E-state index contributed by atoms with van der Waals surface area (Å²) in [5.41, 5.74) is 21.4. The van der Waals surface area contributed by atoms with Crippen LogP contribution in [0.4, 0.5) is 45.5 Å². The summed E-state index contributed by atoms with van der Waals surface area (Å²) in [6.07, 6.45) is 1.83. The van der Waals surface area contributed by atoms with Gasteiger partial charge in [-0.25, -0.2) is 0 Å². The van der Waals surface area contributed by atoms with Gasteiger partial charge in [0.15, 0.2) is 0 Å². The molecule has 2 atom stereocenters. The molecule has 0 radical (unpaired) electrons. The summed E-state index contributed by atoms with van der Waals surface area (Å²) in [6.45, 7) is 16.5. The Bertz CT molecular complexity index is 3160. The first-order chi connectivity index (χ1) is 31.4. The summed E-state index contributed by atoms with van der Waals surface area (Å²) >= 11 is 0. The Morgan fingerprint density at radius 3 is 1.62 bits per heavy atom. The standard InChI is InChI=1S/C61H56BN3/c1-58(2,3)43-30-33-47(34-31-43)64-54-35-32-45(59(4,5)6)36-51(54)62-50-27-17-19-29-53(50)63(46-24-12-9-13-25-46)55-37-48(38-56(64)57(55)62)65-52-28-18-16-26-49(52)61(44-22-10-8-11-23-44)40-42-21-15-14-20-41(42)39-60(61,65)7/h8-38H,39-40H2,1-7H3. The van der Waals surface area contributed by atoms with Gasteiger partial charge in [-0.3, -0.25) is 0 Å². The highest BCUT2D eigenvalue weighted by Crippen LogP contribution is 2.63. The van der Waals surface area contributed by atoms with E-state index >= 15 is 0 Å². The van der Waals surface area contributed by atoms with E-state index in [-0.39, 0.29) is 28.5 Å². The van der Waals surface area contributed by atoms with Crippen LogP contribution in [0.25, 0.3) is 0 Å². The molecule has 2 unspecified atom stereocenters. The topological polar surface area (TPSA) is 9.72 Å². The van der Waals surface area contributed by atoms with Crippen LogP contribution in [0.1, 0.15) is 81.8 Å². The molecule has 0 aromatic heterocycles. The Kier molecular flexibility index (Phi) is 8.64. The molecule has 3 nitrogen and oxygen atoms in total. The minimum Gasteiger partial charge on any atom is -0.334 e. The van der Waals surface area contributed by atoms with Crippen LogP contribution in [0.15, 0.2) is 188 Å². The number of fused-ring (bicyclic) bond motifs is 8. The quantitative estimate of drug-likeness (QED) is 0.163. The largest absolute Gasteiger partial charge is 0.334 e. The van der Waals surface area contributed by atoms with Gasteiger partial charge in [-0.1, -0.05) is 175 Å². The van der Waals surface area contributed by atoms with Crippen molar-refractivity contribution in [2.45, 2.75) is 83.1 Å². The highest BCUT2D eigenvalue weighted by atomic mass is 15.3. The lowest BCUT2D eigenvalue weighted by Gasteiger charge is -2.53. The zero-order valence-electron chi connectivity index (χ0n) is 38.7. The summed E-state index contributed by atoms with van der Waals surface area (Å²) in [6, 6.07) is 72.0. The third kappa shape index (κ3) is 5.75. The fourth-order valence-electron chi connectivity index (χ4n) is 12.3. The number of anilines is 8. The van der Waals surface area contributed by atoms with Gasteiger partial charge in [-0.2, -0.15) is 0 Å². The van der Waals surface area contributed by atoms with Gasteiger partial charge >= 0.3 is 0 Å². The molecule has 8 aromatic rings. The fraction of sp³-hybridized carbons (Fsp3) is 0.213. The molecule has 12 rings (SSSR count). The van der Waals surface area contributed by atoms with Crippen LogP contribution in [0.3, 0.4) is 0 Å². The molecule has 0 saturated heterocycles. The minimum atomic E-state index is -0.357. The molecule has 0 amide bonds. The van der Waals surface area contributed by atoms with Crippen LogP contribution in [0, 0.1) is 0 Å². The molecule has 1 aliphatic carbocycles. The van der Waals surface area contributed by atoms with Gasteiger partial charge in [0.1, 0.15) is 0 Å². The van der Waals surface area contributed by atoms with E-state index in [1.54, 1.807) is 0 Å². The van der Waals surface area contributed by atoms with Crippen LogP contribution in [-0.2, 0) is 29.1 Å². The molecule has 8 aromatic carbocycles. The predicted octanol–water partition coefficient (Wildman–Crippen LogP) is 13.4. The first-order valence-corrected chi connectivity index (χ1v) is 23.6. The molecule has 4 aliphatic rings. The Morgan fingerprint density at radius 1 is 0.431 bits per heavy atom. The van der Waals surface area contributed by atoms with Crippen LogP contribution in [0.2, 0.25) is 0 Å². The van der Waals surface area contributed by atoms with Gasteiger partial charge in [-0.05, 0) is 135 Å². The van der Waals surface area contributed by atoms with E-state index in [0.29, 0.717) is 0 Å². The SMILES string of the molecule is CC(C)(C)c1ccc(N2c3ccc(C(C)(C)C)cc3B3c4ccccc4N(c4ccccc4)c4cc(N5c6ccccc6C6(c7ccccc7)Cc7ccccc7CC56C)cc2c43)cc1. The van der Waals surface area contributed by atoms with Crippen molar-refractivity contribution in [3.05, 3.63) is 221 Å².